The topological polar surface area (TPSA) is 64.0 Å². The monoisotopic (exact) mass is 467 g/mol. The third kappa shape index (κ3) is 4.81. The van der Waals surface area contributed by atoms with Gasteiger partial charge in [-0.3, -0.25) is 0 Å². The van der Waals surface area contributed by atoms with Crippen molar-refractivity contribution in [1.82, 2.24) is 9.89 Å². The number of hydrogen-bond acceptors (Lipinski definition) is 5. The van der Waals surface area contributed by atoms with Crippen LogP contribution in [0.1, 0.15) is 0 Å². The fourth-order valence-electron chi connectivity index (χ4n) is 3.09. The Morgan fingerprint density at radius 2 is 1.32 bits per heavy atom. The smallest absolute Gasteiger partial charge is 0.200 e. The van der Waals surface area contributed by atoms with Crippen molar-refractivity contribution < 1.29 is 8.42 Å². The molecule has 8 heteroatoms. The Morgan fingerprint density at radius 3 is 1.87 bits per heavy atom. The minimum atomic E-state index is -3.79. The molecule has 5 nitrogen and oxygen atoms in total. The molecule has 4 aromatic rings. The zero-order valence-corrected chi connectivity index (χ0v) is 19.5. The summed E-state index contributed by atoms with van der Waals surface area (Å²) < 4.78 is 25.9. The van der Waals surface area contributed by atoms with Gasteiger partial charge in [0.15, 0.2) is 0 Å². The van der Waals surface area contributed by atoms with Gasteiger partial charge in [0.1, 0.15) is 0 Å². The number of aromatic nitrogens is 2. The van der Waals surface area contributed by atoms with Crippen LogP contribution in [-0.4, -0.2) is 30.8 Å². The van der Waals surface area contributed by atoms with Gasteiger partial charge in [0, 0.05) is 20.9 Å². The van der Waals surface area contributed by atoms with E-state index < -0.39 is 10.0 Å². The van der Waals surface area contributed by atoms with E-state index in [0.717, 1.165) is 20.9 Å². The van der Waals surface area contributed by atoms with Crippen molar-refractivity contribution >= 4 is 33.5 Å². The summed E-state index contributed by atoms with van der Waals surface area (Å²) in [5, 5.41) is 4.58. The summed E-state index contributed by atoms with van der Waals surface area (Å²) in [6.45, 7) is 0. The van der Waals surface area contributed by atoms with E-state index in [1.807, 2.05) is 67.1 Å². The highest BCUT2D eigenvalue weighted by molar-refractivity contribution is 7.98. The van der Waals surface area contributed by atoms with Gasteiger partial charge in [0.25, 0.3) is 10.0 Å². The van der Waals surface area contributed by atoms with Crippen molar-refractivity contribution in [2.45, 2.75) is 14.7 Å². The fourth-order valence-corrected chi connectivity index (χ4v) is 4.89. The van der Waals surface area contributed by atoms with Gasteiger partial charge >= 0.3 is 0 Å². The van der Waals surface area contributed by atoms with Crippen LogP contribution < -0.4 is 4.83 Å². The Kier molecular flexibility index (Phi) is 6.41. The summed E-state index contributed by atoms with van der Waals surface area (Å²) in [6.07, 6.45) is 4.04. The molecule has 0 radical (unpaired) electrons. The molecule has 1 aromatic heterocycles. The van der Waals surface area contributed by atoms with E-state index in [4.69, 9.17) is 0 Å². The molecule has 4 rings (SSSR count). The normalized spacial score (nSPS) is 11.4. The van der Waals surface area contributed by atoms with Crippen molar-refractivity contribution in [3.63, 3.8) is 0 Å². The van der Waals surface area contributed by atoms with E-state index in [0.29, 0.717) is 11.4 Å². The van der Waals surface area contributed by atoms with Crippen LogP contribution in [0.25, 0.3) is 22.5 Å². The molecule has 0 aliphatic rings. The summed E-state index contributed by atoms with van der Waals surface area (Å²) in [7, 11) is -3.79. The lowest BCUT2D eigenvalue weighted by Crippen LogP contribution is -2.25. The van der Waals surface area contributed by atoms with Crippen LogP contribution in [0, 0.1) is 0 Å². The maximum absolute atomic E-state index is 12.9. The minimum absolute atomic E-state index is 0.181. The summed E-state index contributed by atoms with van der Waals surface area (Å²) in [4.78, 5) is 6.42. The first-order valence-electron chi connectivity index (χ1n) is 9.47. The average Bonchev–Trinajstić information content (AvgIpc) is 3.22. The molecule has 0 bridgehead atoms. The molecule has 158 valence electrons. The van der Waals surface area contributed by atoms with Gasteiger partial charge in [-0.15, -0.1) is 23.5 Å². The Morgan fingerprint density at radius 1 is 0.774 bits per heavy atom. The van der Waals surface area contributed by atoms with Gasteiger partial charge in [-0.25, -0.2) is 0 Å². The maximum atomic E-state index is 12.9. The third-order valence-electron chi connectivity index (χ3n) is 4.74. The van der Waals surface area contributed by atoms with Crippen LogP contribution in [0.5, 0.6) is 0 Å². The molecule has 1 N–H and O–H groups in total. The van der Waals surface area contributed by atoms with E-state index in [2.05, 4.69) is 9.93 Å². The molecular weight excluding hydrogens is 446 g/mol. The summed E-state index contributed by atoms with van der Waals surface area (Å²) in [5.74, 6) is 0. The molecule has 0 aliphatic heterocycles. The maximum Gasteiger partial charge on any atom is 0.276 e. The number of rotatable bonds is 7. The lowest BCUT2D eigenvalue weighted by atomic mass is 10.1. The minimum Gasteiger partial charge on any atom is -0.200 e. The SMILES string of the molecule is CSc1ccc(-c2cc(-c3ccc(SC)cc3)n(NS(=O)(=O)c3ccccc3)n2)cc1. The molecule has 0 atom stereocenters. The predicted octanol–water partition coefficient (Wildman–Crippen LogP) is 5.59. The van der Waals surface area contributed by atoms with Gasteiger partial charge in [0.2, 0.25) is 0 Å². The standard InChI is InChI=1S/C23H21N3O2S3/c1-29-19-12-8-17(9-13-19)22-16-23(18-10-14-20(30-2)15-11-18)26(24-22)25-31(27,28)21-6-4-3-5-7-21/h3-16,25H,1-2H3. The number of thioether (sulfide) groups is 2. The van der Waals surface area contributed by atoms with Crippen molar-refractivity contribution in [3.05, 3.63) is 84.9 Å². The molecule has 0 spiro atoms. The number of hydrogen-bond donors (Lipinski definition) is 1. The largest absolute Gasteiger partial charge is 0.276 e. The fraction of sp³-hybridized carbons (Fsp3) is 0.0870. The van der Waals surface area contributed by atoms with Crippen LogP contribution in [0.4, 0.5) is 0 Å². The lowest BCUT2D eigenvalue weighted by Gasteiger charge is -2.11. The lowest BCUT2D eigenvalue weighted by molar-refractivity contribution is 0.592. The highest BCUT2D eigenvalue weighted by Gasteiger charge is 2.19. The molecule has 0 fully saturated rings. The molecule has 0 aliphatic carbocycles. The Balaban J connectivity index is 1.78. The van der Waals surface area contributed by atoms with Crippen LogP contribution in [-0.2, 0) is 10.0 Å². The molecule has 0 saturated carbocycles. The number of benzene rings is 3. The van der Waals surface area contributed by atoms with E-state index in [1.54, 1.807) is 53.9 Å². The van der Waals surface area contributed by atoms with E-state index in [-0.39, 0.29) is 4.90 Å². The second kappa shape index (κ2) is 9.21. The Hall–Kier alpha value is -2.68. The third-order valence-corrected chi connectivity index (χ3v) is 7.53. The van der Waals surface area contributed by atoms with Crippen LogP contribution in [0.2, 0.25) is 0 Å². The molecule has 1 heterocycles. The summed E-state index contributed by atoms with van der Waals surface area (Å²) >= 11 is 3.32. The second-order valence-corrected chi connectivity index (χ2v) is 10.1. The van der Waals surface area contributed by atoms with Crippen molar-refractivity contribution in [3.8, 4) is 22.5 Å². The zero-order chi connectivity index (χ0) is 21.8. The quantitative estimate of drug-likeness (QED) is 0.359. The highest BCUT2D eigenvalue weighted by atomic mass is 32.2. The van der Waals surface area contributed by atoms with Crippen LogP contribution >= 0.6 is 23.5 Å². The van der Waals surface area contributed by atoms with Gasteiger partial charge in [-0.1, -0.05) is 42.5 Å². The average molecular weight is 468 g/mol. The van der Waals surface area contributed by atoms with Crippen molar-refractivity contribution in [2.75, 3.05) is 17.3 Å². The van der Waals surface area contributed by atoms with E-state index in [1.165, 1.54) is 4.79 Å². The van der Waals surface area contributed by atoms with Gasteiger partial charge in [0.05, 0.1) is 16.3 Å². The van der Waals surface area contributed by atoms with Crippen molar-refractivity contribution in [2.24, 2.45) is 0 Å². The van der Waals surface area contributed by atoms with Crippen LogP contribution in [0.15, 0.2) is 99.6 Å². The number of sulfonamides is 1. The first kappa shape index (κ1) is 21.5. The molecule has 0 amide bonds. The van der Waals surface area contributed by atoms with Gasteiger partial charge in [-0.05, 0) is 55.0 Å². The number of nitrogens with zero attached hydrogens (tertiary/aromatic N) is 2. The zero-order valence-electron chi connectivity index (χ0n) is 17.0. The molecule has 0 saturated heterocycles. The molecule has 3 aromatic carbocycles. The first-order valence-corrected chi connectivity index (χ1v) is 13.4. The molecule has 31 heavy (non-hydrogen) atoms. The Labute approximate surface area is 190 Å². The Bertz CT molecular complexity index is 1270. The predicted molar refractivity (Wildman–Crippen MR) is 130 cm³/mol. The molecule has 0 unspecified atom stereocenters. The van der Waals surface area contributed by atoms with Crippen LogP contribution in [0.3, 0.4) is 0 Å². The molecular formula is C23H21N3O2S3. The second-order valence-electron chi connectivity index (χ2n) is 6.69. The summed E-state index contributed by atoms with van der Waals surface area (Å²) in [5.41, 5.74) is 3.13. The summed E-state index contributed by atoms with van der Waals surface area (Å²) in [6, 6.07) is 26.2. The van der Waals surface area contributed by atoms with E-state index >= 15 is 0 Å². The van der Waals surface area contributed by atoms with Gasteiger partial charge in [-0.2, -0.15) is 23.1 Å². The van der Waals surface area contributed by atoms with Crippen molar-refractivity contribution in [1.29, 1.82) is 0 Å². The highest BCUT2D eigenvalue weighted by Crippen LogP contribution is 2.29. The number of nitrogens with one attached hydrogen (secondary N) is 1. The van der Waals surface area contributed by atoms with E-state index in [9.17, 15) is 8.42 Å². The first-order chi connectivity index (χ1) is 15.0. The van der Waals surface area contributed by atoms with Gasteiger partial charge < -0.3 is 0 Å².